The lowest BCUT2D eigenvalue weighted by Crippen LogP contribution is -2.42. The van der Waals surface area contributed by atoms with E-state index in [4.69, 9.17) is 11.6 Å². The van der Waals surface area contributed by atoms with E-state index in [-0.39, 0.29) is 18.0 Å². The van der Waals surface area contributed by atoms with Gasteiger partial charge in [-0.3, -0.25) is 4.79 Å². The number of nitrogens with one attached hydrogen (secondary N) is 2. The van der Waals surface area contributed by atoms with Gasteiger partial charge in [-0.25, -0.2) is 0 Å². The summed E-state index contributed by atoms with van der Waals surface area (Å²) in [7, 11) is 0. The molecule has 1 amide bonds. The van der Waals surface area contributed by atoms with Crippen molar-refractivity contribution in [3.05, 3.63) is 29.3 Å². The number of rotatable bonds is 6. The van der Waals surface area contributed by atoms with Crippen LogP contribution in [-0.4, -0.2) is 18.0 Å². The Bertz CT molecular complexity index is 378. The molecule has 0 aromatic heterocycles. The third kappa shape index (κ3) is 4.96. The molecule has 100 valence electrons. The molecule has 2 N–H and O–H groups in total. The molecule has 1 aromatic carbocycles. The van der Waals surface area contributed by atoms with Gasteiger partial charge in [0.1, 0.15) is 6.04 Å². The SMILES string of the molecule is CCCC(C)NC(=O)C(C)Nc1ccc(Cl)cc1. The molecule has 1 aromatic rings. The topological polar surface area (TPSA) is 41.1 Å². The molecule has 0 saturated heterocycles. The van der Waals surface area contributed by atoms with Crippen LogP contribution in [0.5, 0.6) is 0 Å². The van der Waals surface area contributed by atoms with Gasteiger partial charge in [-0.05, 0) is 44.5 Å². The molecule has 0 spiro atoms. The van der Waals surface area contributed by atoms with Crippen LogP contribution in [0.25, 0.3) is 0 Å². The van der Waals surface area contributed by atoms with Crippen molar-refractivity contribution in [1.82, 2.24) is 5.32 Å². The molecule has 2 unspecified atom stereocenters. The second-order valence-corrected chi connectivity index (χ2v) is 5.01. The molecule has 4 heteroatoms. The van der Waals surface area contributed by atoms with E-state index in [0.717, 1.165) is 18.5 Å². The fourth-order valence-electron chi connectivity index (χ4n) is 1.73. The molecule has 0 aliphatic rings. The number of amides is 1. The van der Waals surface area contributed by atoms with Crippen LogP contribution in [0.15, 0.2) is 24.3 Å². The predicted molar refractivity (Wildman–Crippen MR) is 77.0 cm³/mol. The largest absolute Gasteiger partial charge is 0.374 e. The van der Waals surface area contributed by atoms with Crippen molar-refractivity contribution in [3.63, 3.8) is 0 Å². The summed E-state index contributed by atoms with van der Waals surface area (Å²) in [6.07, 6.45) is 2.07. The number of carbonyl (C=O) groups excluding carboxylic acids is 1. The zero-order chi connectivity index (χ0) is 13.5. The Kier molecular flexibility index (Phi) is 5.99. The van der Waals surface area contributed by atoms with Crippen LogP contribution in [0, 0.1) is 0 Å². The third-order valence-electron chi connectivity index (χ3n) is 2.73. The van der Waals surface area contributed by atoms with Gasteiger partial charge >= 0.3 is 0 Å². The standard InChI is InChI=1S/C14H21ClN2O/c1-4-5-10(2)16-14(18)11(3)17-13-8-6-12(15)7-9-13/h6-11,17H,4-5H2,1-3H3,(H,16,18). The quantitative estimate of drug-likeness (QED) is 0.830. The fraction of sp³-hybridized carbons (Fsp3) is 0.500. The van der Waals surface area contributed by atoms with E-state index < -0.39 is 0 Å². The van der Waals surface area contributed by atoms with Crippen LogP contribution in [-0.2, 0) is 4.79 Å². The Morgan fingerprint density at radius 1 is 1.28 bits per heavy atom. The van der Waals surface area contributed by atoms with Crippen molar-refractivity contribution in [2.75, 3.05) is 5.32 Å². The number of hydrogen-bond acceptors (Lipinski definition) is 2. The van der Waals surface area contributed by atoms with Crippen molar-refractivity contribution in [2.45, 2.75) is 45.7 Å². The predicted octanol–water partition coefficient (Wildman–Crippen LogP) is 3.45. The van der Waals surface area contributed by atoms with E-state index in [1.165, 1.54) is 0 Å². The second kappa shape index (κ2) is 7.27. The molecule has 0 saturated carbocycles. The number of carbonyl (C=O) groups is 1. The van der Waals surface area contributed by atoms with E-state index in [1.807, 2.05) is 26.0 Å². The molecule has 0 bridgehead atoms. The van der Waals surface area contributed by atoms with Crippen molar-refractivity contribution in [1.29, 1.82) is 0 Å². The summed E-state index contributed by atoms with van der Waals surface area (Å²) < 4.78 is 0. The lowest BCUT2D eigenvalue weighted by atomic mass is 10.2. The Hall–Kier alpha value is -1.22. The van der Waals surface area contributed by atoms with Crippen molar-refractivity contribution in [2.24, 2.45) is 0 Å². The van der Waals surface area contributed by atoms with E-state index in [2.05, 4.69) is 17.6 Å². The summed E-state index contributed by atoms with van der Waals surface area (Å²) in [4.78, 5) is 11.9. The highest BCUT2D eigenvalue weighted by Gasteiger charge is 2.14. The normalized spacial score (nSPS) is 13.8. The third-order valence-corrected chi connectivity index (χ3v) is 2.98. The van der Waals surface area contributed by atoms with Crippen LogP contribution in [0.4, 0.5) is 5.69 Å². The Balaban J connectivity index is 2.46. The van der Waals surface area contributed by atoms with Gasteiger partial charge in [0.15, 0.2) is 0 Å². The van der Waals surface area contributed by atoms with Crippen molar-refractivity contribution < 1.29 is 4.79 Å². The molecule has 2 atom stereocenters. The summed E-state index contributed by atoms with van der Waals surface area (Å²) in [6, 6.07) is 7.29. The highest BCUT2D eigenvalue weighted by Crippen LogP contribution is 2.14. The summed E-state index contributed by atoms with van der Waals surface area (Å²) >= 11 is 5.81. The van der Waals surface area contributed by atoms with Crippen LogP contribution in [0.1, 0.15) is 33.6 Å². The first kappa shape index (κ1) is 14.8. The van der Waals surface area contributed by atoms with Crippen LogP contribution >= 0.6 is 11.6 Å². The summed E-state index contributed by atoms with van der Waals surface area (Å²) in [5.41, 5.74) is 0.894. The second-order valence-electron chi connectivity index (χ2n) is 4.57. The molecule has 0 fully saturated rings. The van der Waals surface area contributed by atoms with Crippen LogP contribution in [0.2, 0.25) is 5.02 Å². The minimum absolute atomic E-state index is 0.0194. The zero-order valence-corrected chi connectivity index (χ0v) is 11.9. The Morgan fingerprint density at radius 3 is 2.44 bits per heavy atom. The molecule has 0 heterocycles. The number of anilines is 1. The van der Waals surface area contributed by atoms with Gasteiger partial charge < -0.3 is 10.6 Å². The first-order valence-electron chi connectivity index (χ1n) is 6.35. The smallest absolute Gasteiger partial charge is 0.242 e. The van der Waals surface area contributed by atoms with Crippen LogP contribution in [0.3, 0.4) is 0 Å². The molecule has 3 nitrogen and oxygen atoms in total. The maximum absolute atomic E-state index is 11.9. The summed E-state index contributed by atoms with van der Waals surface area (Å²) in [6.45, 7) is 5.98. The van der Waals surface area contributed by atoms with Gasteiger partial charge in [0, 0.05) is 16.8 Å². The van der Waals surface area contributed by atoms with E-state index in [9.17, 15) is 4.79 Å². The number of benzene rings is 1. The summed E-state index contributed by atoms with van der Waals surface area (Å²) in [5.74, 6) is 0.0194. The lowest BCUT2D eigenvalue weighted by Gasteiger charge is -2.18. The first-order chi connectivity index (χ1) is 8.52. The molecule has 0 aliphatic carbocycles. The minimum Gasteiger partial charge on any atom is -0.374 e. The van der Waals surface area contributed by atoms with Crippen molar-refractivity contribution in [3.8, 4) is 0 Å². The van der Waals surface area contributed by atoms with Gasteiger partial charge in [-0.15, -0.1) is 0 Å². The molecule has 0 aliphatic heterocycles. The Labute approximate surface area is 114 Å². The van der Waals surface area contributed by atoms with Crippen molar-refractivity contribution >= 4 is 23.2 Å². The van der Waals surface area contributed by atoms with E-state index in [0.29, 0.717) is 5.02 Å². The van der Waals surface area contributed by atoms with Gasteiger partial charge in [-0.2, -0.15) is 0 Å². The molecule has 0 radical (unpaired) electrons. The monoisotopic (exact) mass is 268 g/mol. The number of hydrogen-bond donors (Lipinski definition) is 2. The van der Waals surface area contributed by atoms with Gasteiger partial charge in [0.2, 0.25) is 5.91 Å². The maximum atomic E-state index is 11.9. The van der Waals surface area contributed by atoms with Gasteiger partial charge in [0.05, 0.1) is 0 Å². The van der Waals surface area contributed by atoms with Crippen LogP contribution < -0.4 is 10.6 Å². The number of halogens is 1. The average molecular weight is 269 g/mol. The average Bonchev–Trinajstić information content (AvgIpc) is 2.32. The van der Waals surface area contributed by atoms with Gasteiger partial charge in [0.25, 0.3) is 0 Å². The Morgan fingerprint density at radius 2 is 1.89 bits per heavy atom. The molecule has 1 rings (SSSR count). The molecular weight excluding hydrogens is 248 g/mol. The minimum atomic E-state index is -0.259. The summed E-state index contributed by atoms with van der Waals surface area (Å²) in [5, 5.41) is 6.82. The van der Waals surface area contributed by atoms with E-state index in [1.54, 1.807) is 12.1 Å². The van der Waals surface area contributed by atoms with Gasteiger partial charge in [-0.1, -0.05) is 24.9 Å². The van der Waals surface area contributed by atoms with E-state index >= 15 is 0 Å². The highest BCUT2D eigenvalue weighted by molar-refractivity contribution is 6.30. The highest BCUT2D eigenvalue weighted by atomic mass is 35.5. The zero-order valence-electron chi connectivity index (χ0n) is 11.2. The maximum Gasteiger partial charge on any atom is 0.242 e. The first-order valence-corrected chi connectivity index (χ1v) is 6.73. The fourth-order valence-corrected chi connectivity index (χ4v) is 1.86. The molecule has 18 heavy (non-hydrogen) atoms. The lowest BCUT2D eigenvalue weighted by molar-refractivity contribution is -0.122. The molecular formula is C14H21ClN2O.